The average Bonchev–Trinajstić information content (AvgIpc) is 3.30. The smallest absolute Gasteiger partial charge is 0.255 e. The van der Waals surface area contributed by atoms with Gasteiger partial charge >= 0.3 is 0 Å². The van der Waals surface area contributed by atoms with E-state index < -0.39 is 5.82 Å². The van der Waals surface area contributed by atoms with E-state index in [1.165, 1.54) is 11.3 Å². The summed E-state index contributed by atoms with van der Waals surface area (Å²) in [7, 11) is 0. The Hall–Kier alpha value is -2.43. The number of halogens is 2. The fraction of sp³-hybridized carbons (Fsp3) is 0.353. The van der Waals surface area contributed by atoms with Crippen LogP contribution in [0.15, 0.2) is 18.3 Å². The van der Waals surface area contributed by atoms with Gasteiger partial charge in [-0.3, -0.25) is 4.98 Å². The maximum atomic E-state index is 14.7. The molecule has 1 aliphatic carbocycles. The van der Waals surface area contributed by atoms with Crippen LogP contribution >= 0.6 is 22.9 Å². The molecule has 2 atom stereocenters. The quantitative estimate of drug-likeness (QED) is 0.616. The van der Waals surface area contributed by atoms with Crippen molar-refractivity contribution in [3.8, 4) is 5.88 Å². The van der Waals surface area contributed by atoms with E-state index >= 15 is 0 Å². The van der Waals surface area contributed by atoms with Crippen LogP contribution in [0.2, 0.25) is 5.02 Å². The van der Waals surface area contributed by atoms with E-state index in [0.29, 0.717) is 16.6 Å². The highest BCUT2D eigenvalue weighted by Crippen LogP contribution is 2.46. The van der Waals surface area contributed by atoms with E-state index in [2.05, 4.69) is 25.1 Å². The highest BCUT2D eigenvalue weighted by atomic mass is 35.5. The number of hydrogen-bond donors (Lipinski definition) is 2. The third-order valence-corrected chi connectivity index (χ3v) is 5.34. The highest BCUT2D eigenvalue weighted by Gasteiger charge is 2.40. The van der Waals surface area contributed by atoms with E-state index in [4.69, 9.17) is 22.1 Å². The molecule has 4 rings (SSSR count). The van der Waals surface area contributed by atoms with Crippen molar-refractivity contribution in [3.05, 3.63) is 50.6 Å². The van der Waals surface area contributed by atoms with Gasteiger partial charge in [0, 0.05) is 30.1 Å². The lowest BCUT2D eigenvalue weighted by Crippen LogP contribution is -2.10. The first kappa shape index (κ1) is 20.3. The third-order valence-electron chi connectivity index (χ3n) is 4.28. The number of aryl methyl sites for hydroxylation is 1. The molecule has 0 bridgehead atoms. The Morgan fingerprint density at radius 3 is 2.82 bits per heavy atom. The molecule has 148 valence electrons. The maximum Gasteiger partial charge on any atom is 0.255 e. The minimum absolute atomic E-state index is 0. The van der Waals surface area contributed by atoms with Gasteiger partial charge in [-0.2, -0.15) is 9.37 Å². The first-order chi connectivity index (χ1) is 13.0. The number of hydrogen-bond acceptors (Lipinski definition) is 9. The third kappa shape index (κ3) is 4.51. The summed E-state index contributed by atoms with van der Waals surface area (Å²) in [6.45, 7) is 2.17. The summed E-state index contributed by atoms with van der Waals surface area (Å²) < 4.78 is 20.3. The molecule has 8 nitrogen and oxygen atoms in total. The van der Waals surface area contributed by atoms with Crippen LogP contribution in [0.1, 0.15) is 33.7 Å². The van der Waals surface area contributed by atoms with Gasteiger partial charge < -0.3 is 16.6 Å². The van der Waals surface area contributed by atoms with Crippen LogP contribution in [0.3, 0.4) is 0 Å². The van der Waals surface area contributed by atoms with Gasteiger partial charge in [-0.25, -0.2) is 4.98 Å². The maximum absolute atomic E-state index is 14.7. The fourth-order valence-electron chi connectivity index (χ4n) is 2.84. The van der Waals surface area contributed by atoms with Gasteiger partial charge in [0.05, 0.1) is 17.3 Å². The van der Waals surface area contributed by atoms with Crippen molar-refractivity contribution in [2.75, 3.05) is 12.3 Å². The number of anilines is 1. The van der Waals surface area contributed by atoms with E-state index in [1.807, 2.05) is 19.1 Å². The summed E-state index contributed by atoms with van der Waals surface area (Å²) in [6, 6.07) is 3.71. The molecule has 2 unspecified atom stereocenters. The lowest BCUT2D eigenvalue weighted by atomic mass is 10.2. The first-order valence-electron chi connectivity index (χ1n) is 8.34. The van der Waals surface area contributed by atoms with Gasteiger partial charge in [0.2, 0.25) is 11.8 Å². The van der Waals surface area contributed by atoms with Crippen LogP contribution in [0, 0.1) is 18.7 Å². The second-order valence-electron chi connectivity index (χ2n) is 6.35. The van der Waals surface area contributed by atoms with Crippen LogP contribution in [-0.2, 0) is 6.42 Å². The van der Waals surface area contributed by atoms with Gasteiger partial charge in [-0.1, -0.05) is 11.6 Å². The number of nitrogen functional groups attached to an aromatic ring is 1. The molecule has 1 fully saturated rings. The van der Waals surface area contributed by atoms with Crippen LogP contribution in [-0.4, -0.2) is 31.8 Å². The minimum Gasteiger partial charge on any atom is -0.475 e. The Bertz CT molecular complexity index is 969. The van der Waals surface area contributed by atoms with Crippen LogP contribution in [0.5, 0.6) is 5.88 Å². The number of aromatic nitrogens is 5. The number of rotatable bonds is 6. The van der Waals surface area contributed by atoms with Gasteiger partial charge in [0.1, 0.15) is 10.0 Å². The number of nitrogens with two attached hydrogens (primary N) is 1. The fourth-order valence-corrected chi connectivity index (χ4v) is 3.67. The summed E-state index contributed by atoms with van der Waals surface area (Å²) in [5.74, 6) is -0.237. The number of pyridine rings is 1. The molecule has 0 radical (unpaired) electrons. The Labute approximate surface area is 169 Å². The summed E-state index contributed by atoms with van der Waals surface area (Å²) in [4.78, 5) is 12.2. The molecule has 0 aliphatic heterocycles. The van der Waals surface area contributed by atoms with Crippen molar-refractivity contribution in [1.29, 1.82) is 0 Å². The van der Waals surface area contributed by atoms with Gasteiger partial charge in [-0.15, -0.1) is 21.5 Å². The Balaban J connectivity index is 0.00000225. The lowest BCUT2D eigenvalue weighted by Gasteiger charge is -2.09. The number of ether oxygens (including phenoxy) is 1. The zero-order valence-corrected chi connectivity index (χ0v) is 16.7. The second-order valence-corrected chi connectivity index (χ2v) is 8.06. The minimum atomic E-state index is -0.612. The molecule has 28 heavy (non-hydrogen) atoms. The predicted molar refractivity (Wildman–Crippen MR) is 104 cm³/mol. The lowest BCUT2D eigenvalue weighted by molar-refractivity contribution is 0.269. The molecule has 3 heterocycles. The van der Waals surface area contributed by atoms with Crippen molar-refractivity contribution in [2.45, 2.75) is 25.7 Å². The second kappa shape index (κ2) is 8.29. The zero-order chi connectivity index (χ0) is 19.0. The van der Waals surface area contributed by atoms with Crippen molar-refractivity contribution >= 4 is 28.9 Å². The van der Waals surface area contributed by atoms with Crippen LogP contribution in [0.25, 0.3) is 0 Å². The largest absolute Gasteiger partial charge is 0.475 e. The van der Waals surface area contributed by atoms with E-state index in [-0.39, 0.29) is 41.9 Å². The molecule has 11 heteroatoms. The standard InChI is InChI=1S/C17H16ClFN6OS.H3N/c1-8-24-25-14(27-8)5-13-15(19)16(23-17(20)22-13)26-7-9-4-11(9)12-3-2-10(18)6-21-12;/h2-3,6,9,11H,4-5,7H2,1H3,(H2,20,22,23);1H3. The monoisotopic (exact) mass is 423 g/mol. The Kier molecular flexibility index (Phi) is 6.01. The topological polar surface area (TPSA) is 135 Å². The summed E-state index contributed by atoms with van der Waals surface area (Å²) in [5.41, 5.74) is 6.83. The van der Waals surface area contributed by atoms with Crippen LogP contribution < -0.4 is 16.6 Å². The highest BCUT2D eigenvalue weighted by molar-refractivity contribution is 7.11. The first-order valence-corrected chi connectivity index (χ1v) is 9.54. The molecular formula is C17H19ClFN7OS. The van der Waals surface area contributed by atoms with E-state index in [9.17, 15) is 4.39 Å². The summed E-state index contributed by atoms with van der Waals surface area (Å²) >= 11 is 7.24. The summed E-state index contributed by atoms with van der Waals surface area (Å²) in [5, 5.41) is 9.98. The van der Waals surface area contributed by atoms with E-state index in [0.717, 1.165) is 17.1 Å². The molecule has 0 amide bonds. The van der Waals surface area contributed by atoms with Crippen molar-refractivity contribution in [2.24, 2.45) is 5.92 Å². The normalized spacial score (nSPS) is 17.8. The molecule has 3 aromatic heterocycles. The molecular weight excluding hydrogens is 405 g/mol. The Morgan fingerprint density at radius 1 is 1.32 bits per heavy atom. The Morgan fingerprint density at radius 2 is 2.14 bits per heavy atom. The van der Waals surface area contributed by atoms with Crippen molar-refractivity contribution < 1.29 is 9.13 Å². The van der Waals surface area contributed by atoms with Gasteiger partial charge in [0.15, 0.2) is 0 Å². The molecule has 0 saturated heterocycles. The van der Waals surface area contributed by atoms with E-state index in [1.54, 1.807) is 6.20 Å². The SMILES string of the molecule is Cc1nnc(Cc2nc(N)nc(OCC3CC3c3ccc(Cl)cn3)c2F)s1.N. The number of nitrogens with zero attached hydrogens (tertiary/aromatic N) is 5. The van der Waals surface area contributed by atoms with Crippen molar-refractivity contribution in [1.82, 2.24) is 31.3 Å². The molecule has 1 aliphatic rings. The van der Waals surface area contributed by atoms with Gasteiger partial charge in [-0.05, 0) is 25.5 Å². The summed E-state index contributed by atoms with van der Waals surface area (Å²) in [6.07, 6.45) is 2.74. The molecule has 1 saturated carbocycles. The van der Waals surface area contributed by atoms with Gasteiger partial charge in [0.25, 0.3) is 5.88 Å². The predicted octanol–water partition coefficient (Wildman–Crippen LogP) is 3.34. The average molecular weight is 424 g/mol. The molecule has 0 spiro atoms. The van der Waals surface area contributed by atoms with Crippen molar-refractivity contribution in [3.63, 3.8) is 0 Å². The molecule has 0 aromatic carbocycles. The zero-order valence-electron chi connectivity index (χ0n) is 15.1. The molecule has 3 aromatic rings. The van der Waals surface area contributed by atoms with Crippen LogP contribution in [0.4, 0.5) is 10.3 Å². The molecule has 5 N–H and O–H groups in total.